The highest BCUT2D eigenvalue weighted by Gasteiger charge is 2.23. The van der Waals surface area contributed by atoms with Crippen molar-refractivity contribution in [1.29, 1.82) is 0 Å². The third-order valence-corrected chi connectivity index (χ3v) is 5.56. The molecule has 0 bridgehead atoms. The first-order chi connectivity index (χ1) is 12.4. The number of hydrogen-bond donors (Lipinski definition) is 1. The number of aromatic nitrogens is 1. The van der Waals surface area contributed by atoms with E-state index in [1.165, 1.54) is 31.5 Å². The normalized spacial score (nSPS) is 20.9. The SMILES string of the molecule is Cc1noc(C)c1C(=O)Nc1ccc(CC[C@H]2CCN(C)C[C@@H]2C)cc1. The van der Waals surface area contributed by atoms with E-state index in [0.29, 0.717) is 17.0 Å². The molecule has 1 amide bonds. The summed E-state index contributed by atoms with van der Waals surface area (Å²) >= 11 is 0. The second-order valence-corrected chi connectivity index (χ2v) is 7.68. The van der Waals surface area contributed by atoms with Crippen LogP contribution in [0.4, 0.5) is 5.69 Å². The summed E-state index contributed by atoms with van der Waals surface area (Å²) in [6, 6.07) is 8.18. The van der Waals surface area contributed by atoms with Crippen LogP contribution < -0.4 is 5.32 Å². The van der Waals surface area contributed by atoms with Gasteiger partial charge in [-0.15, -0.1) is 0 Å². The van der Waals surface area contributed by atoms with Gasteiger partial charge in [0.1, 0.15) is 11.3 Å². The number of likely N-dealkylation sites (tertiary alicyclic amines) is 1. The van der Waals surface area contributed by atoms with Gasteiger partial charge in [-0.3, -0.25) is 4.79 Å². The summed E-state index contributed by atoms with van der Waals surface area (Å²) in [6.45, 7) is 8.31. The van der Waals surface area contributed by atoms with Gasteiger partial charge in [0.25, 0.3) is 5.91 Å². The van der Waals surface area contributed by atoms with Gasteiger partial charge in [-0.2, -0.15) is 0 Å². The Morgan fingerprint density at radius 2 is 2.04 bits per heavy atom. The van der Waals surface area contributed by atoms with Crippen LogP contribution in [0.1, 0.15) is 47.1 Å². The number of benzene rings is 1. The largest absolute Gasteiger partial charge is 0.361 e. The highest BCUT2D eigenvalue weighted by atomic mass is 16.5. The number of amides is 1. The molecule has 3 rings (SSSR count). The average molecular weight is 355 g/mol. The van der Waals surface area contributed by atoms with Gasteiger partial charge >= 0.3 is 0 Å². The van der Waals surface area contributed by atoms with Crippen LogP contribution in [-0.2, 0) is 6.42 Å². The van der Waals surface area contributed by atoms with Crippen molar-refractivity contribution in [2.45, 2.75) is 40.0 Å². The van der Waals surface area contributed by atoms with E-state index < -0.39 is 0 Å². The van der Waals surface area contributed by atoms with Crippen LogP contribution in [0.2, 0.25) is 0 Å². The molecule has 1 aromatic heterocycles. The van der Waals surface area contributed by atoms with E-state index in [4.69, 9.17) is 4.52 Å². The Hall–Kier alpha value is -2.14. The van der Waals surface area contributed by atoms with Crippen LogP contribution in [0.15, 0.2) is 28.8 Å². The monoisotopic (exact) mass is 355 g/mol. The summed E-state index contributed by atoms with van der Waals surface area (Å²) in [7, 11) is 2.21. The van der Waals surface area contributed by atoms with E-state index in [0.717, 1.165) is 23.9 Å². The lowest BCUT2D eigenvalue weighted by Crippen LogP contribution is -2.36. The van der Waals surface area contributed by atoms with Gasteiger partial charge in [0.15, 0.2) is 0 Å². The van der Waals surface area contributed by atoms with E-state index in [2.05, 4.69) is 41.5 Å². The Labute approximate surface area is 155 Å². The minimum Gasteiger partial charge on any atom is -0.361 e. The first kappa shape index (κ1) is 18.6. The van der Waals surface area contributed by atoms with Gasteiger partial charge in [0.2, 0.25) is 0 Å². The summed E-state index contributed by atoms with van der Waals surface area (Å²) in [5.74, 6) is 1.95. The molecule has 2 atom stereocenters. The van der Waals surface area contributed by atoms with Gasteiger partial charge in [0.05, 0.1) is 5.69 Å². The molecule has 1 aromatic carbocycles. The molecule has 2 aromatic rings. The van der Waals surface area contributed by atoms with E-state index in [1.807, 2.05) is 12.1 Å². The lowest BCUT2D eigenvalue weighted by Gasteiger charge is -2.34. The van der Waals surface area contributed by atoms with Crippen molar-refractivity contribution in [3.8, 4) is 0 Å². The lowest BCUT2D eigenvalue weighted by atomic mass is 9.83. The molecule has 5 heteroatoms. The number of carbonyl (C=O) groups excluding carboxylic acids is 1. The molecular formula is C21H29N3O2. The molecule has 1 N–H and O–H groups in total. The summed E-state index contributed by atoms with van der Waals surface area (Å²) < 4.78 is 5.06. The first-order valence-corrected chi connectivity index (χ1v) is 9.45. The van der Waals surface area contributed by atoms with Gasteiger partial charge in [0, 0.05) is 12.2 Å². The fourth-order valence-electron chi connectivity index (χ4n) is 3.94. The molecule has 1 fully saturated rings. The number of anilines is 1. The zero-order chi connectivity index (χ0) is 18.7. The van der Waals surface area contributed by atoms with Crippen LogP contribution in [0.25, 0.3) is 0 Å². The molecule has 1 saturated heterocycles. The first-order valence-electron chi connectivity index (χ1n) is 9.45. The molecule has 1 aliphatic rings. The molecule has 0 aliphatic carbocycles. The molecule has 0 spiro atoms. The molecule has 0 saturated carbocycles. The van der Waals surface area contributed by atoms with Crippen molar-refractivity contribution in [2.75, 3.05) is 25.5 Å². The van der Waals surface area contributed by atoms with Gasteiger partial charge in [-0.05, 0) is 76.2 Å². The maximum absolute atomic E-state index is 12.4. The van der Waals surface area contributed by atoms with Gasteiger partial charge < -0.3 is 14.7 Å². The summed E-state index contributed by atoms with van der Waals surface area (Å²) in [5.41, 5.74) is 3.26. The fraction of sp³-hybridized carbons (Fsp3) is 0.524. The predicted octanol–water partition coefficient (Wildman–Crippen LogP) is 4.06. The van der Waals surface area contributed by atoms with Gasteiger partial charge in [-0.1, -0.05) is 24.2 Å². The van der Waals surface area contributed by atoms with Gasteiger partial charge in [-0.25, -0.2) is 0 Å². The van der Waals surface area contributed by atoms with Crippen molar-refractivity contribution >= 4 is 11.6 Å². The van der Waals surface area contributed by atoms with Crippen LogP contribution >= 0.6 is 0 Å². The zero-order valence-corrected chi connectivity index (χ0v) is 16.2. The highest BCUT2D eigenvalue weighted by Crippen LogP contribution is 2.27. The van der Waals surface area contributed by atoms with Crippen LogP contribution in [0.3, 0.4) is 0 Å². The van der Waals surface area contributed by atoms with Crippen LogP contribution in [0.5, 0.6) is 0 Å². The summed E-state index contributed by atoms with van der Waals surface area (Å²) in [4.78, 5) is 14.8. The average Bonchev–Trinajstić information content (AvgIpc) is 2.94. The topological polar surface area (TPSA) is 58.4 Å². The van der Waals surface area contributed by atoms with Crippen LogP contribution in [0, 0.1) is 25.7 Å². The van der Waals surface area contributed by atoms with E-state index in [1.54, 1.807) is 13.8 Å². The van der Waals surface area contributed by atoms with E-state index in [9.17, 15) is 4.79 Å². The number of nitrogens with zero attached hydrogens (tertiary/aromatic N) is 2. The molecule has 2 heterocycles. The number of piperidine rings is 1. The maximum atomic E-state index is 12.4. The summed E-state index contributed by atoms with van der Waals surface area (Å²) in [6.07, 6.45) is 3.62. The zero-order valence-electron chi connectivity index (χ0n) is 16.2. The van der Waals surface area contributed by atoms with Crippen molar-refractivity contribution < 1.29 is 9.32 Å². The summed E-state index contributed by atoms with van der Waals surface area (Å²) in [5, 5.41) is 6.76. The smallest absolute Gasteiger partial charge is 0.261 e. The Balaban J connectivity index is 1.54. The molecule has 5 nitrogen and oxygen atoms in total. The molecule has 140 valence electrons. The highest BCUT2D eigenvalue weighted by molar-refractivity contribution is 6.05. The molecule has 1 aliphatic heterocycles. The van der Waals surface area contributed by atoms with Crippen molar-refractivity contribution in [3.63, 3.8) is 0 Å². The number of nitrogens with one attached hydrogen (secondary N) is 1. The second-order valence-electron chi connectivity index (χ2n) is 7.68. The third-order valence-electron chi connectivity index (χ3n) is 5.56. The Morgan fingerprint density at radius 1 is 1.31 bits per heavy atom. The third kappa shape index (κ3) is 4.33. The van der Waals surface area contributed by atoms with Crippen molar-refractivity contribution in [3.05, 3.63) is 46.8 Å². The van der Waals surface area contributed by atoms with Crippen molar-refractivity contribution in [1.82, 2.24) is 10.1 Å². The standard InChI is InChI=1S/C21H29N3O2/c1-14-13-24(4)12-11-18(14)8-5-17-6-9-19(10-7-17)22-21(25)20-15(2)23-26-16(20)3/h6-7,9-10,14,18H,5,8,11-13H2,1-4H3,(H,22,25)/t14-,18-/m0/s1. The fourth-order valence-corrected chi connectivity index (χ4v) is 3.94. The number of hydrogen-bond acceptors (Lipinski definition) is 4. The molecule has 0 radical (unpaired) electrons. The second kappa shape index (κ2) is 8.04. The Kier molecular flexibility index (Phi) is 5.77. The molecular weight excluding hydrogens is 326 g/mol. The van der Waals surface area contributed by atoms with E-state index in [-0.39, 0.29) is 5.91 Å². The minimum atomic E-state index is -0.172. The maximum Gasteiger partial charge on any atom is 0.261 e. The quantitative estimate of drug-likeness (QED) is 0.878. The number of aryl methyl sites for hydroxylation is 3. The predicted molar refractivity (Wildman–Crippen MR) is 103 cm³/mol. The molecule has 0 unspecified atom stereocenters. The minimum absolute atomic E-state index is 0.172. The number of carbonyl (C=O) groups is 1. The van der Waals surface area contributed by atoms with Crippen LogP contribution in [-0.4, -0.2) is 36.1 Å². The Morgan fingerprint density at radius 3 is 2.65 bits per heavy atom. The van der Waals surface area contributed by atoms with Crippen molar-refractivity contribution in [2.24, 2.45) is 11.8 Å². The Bertz CT molecular complexity index is 732. The number of rotatable bonds is 5. The lowest BCUT2D eigenvalue weighted by molar-refractivity contribution is 0.102. The molecule has 26 heavy (non-hydrogen) atoms. The van der Waals surface area contributed by atoms with E-state index >= 15 is 0 Å².